The zero-order valence-electron chi connectivity index (χ0n) is 14.6. The van der Waals surface area contributed by atoms with Crippen LogP contribution in [0.1, 0.15) is 15.9 Å². The van der Waals surface area contributed by atoms with Gasteiger partial charge in [-0.05, 0) is 35.9 Å². The molecule has 1 amide bonds. The van der Waals surface area contributed by atoms with E-state index in [0.29, 0.717) is 24.5 Å². The lowest BCUT2D eigenvalue weighted by Crippen LogP contribution is -2.30. The van der Waals surface area contributed by atoms with Gasteiger partial charge in [0.15, 0.2) is 5.82 Å². The second-order valence-electron chi connectivity index (χ2n) is 5.68. The third kappa shape index (κ3) is 3.97. The molecule has 0 fully saturated rings. The van der Waals surface area contributed by atoms with Crippen molar-refractivity contribution in [3.8, 4) is 11.6 Å². The third-order valence-corrected chi connectivity index (χ3v) is 3.90. The molecule has 2 aromatic heterocycles. The van der Waals surface area contributed by atoms with E-state index in [1.54, 1.807) is 53.5 Å². The SMILES string of the molecule is C=CCN(Cc1ccc(OC)cc1)C(=O)c1ccc(-n2cccn2)nc1. The van der Waals surface area contributed by atoms with Crippen LogP contribution in [0.4, 0.5) is 0 Å². The first kappa shape index (κ1) is 17.4. The lowest BCUT2D eigenvalue weighted by Gasteiger charge is -2.21. The molecule has 6 heteroatoms. The van der Waals surface area contributed by atoms with Crippen molar-refractivity contribution in [3.05, 3.63) is 84.8 Å². The van der Waals surface area contributed by atoms with Crippen LogP contribution >= 0.6 is 0 Å². The minimum absolute atomic E-state index is 0.0970. The predicted molar refractivity (Wildman–Crippen MR) is 99.3 cm³/mol. The van der Waals surface area contributed by atoms with Crippen LogP contribution in [0, 0.1) is 0 Å². The van der Waals surface area contributed by atoms with Crippen molar-refractivity contribution in [2.24, 2.45) is 0 Å². The van der Waals surface area contributed by atoms with Crippen molar-refractivity contribution >= 4 is 5.91 Å². The van der Waals surface area contributed by atoms with Crippen LogP contribution in [0.5, 0.6) is 5.75 Å². The van der Waals surface area contributed by atoms with E-state index in [-0.39, 0.29) is 5.91 Å². The maximum absolute atomic E-state index is 12.9. The summed E-state index contributed by atoms with van der Waals surface area (Å²) in [6, 6.07) is 13.0. The molecule has 0 atom stereocenters. The zero-order chi connectivity index (χ0) is 18.4. The molecule has 0 saturated heterocycles. The molecule has 0 aliphatic heterocycles. The fourth-order valence-corrected chi connectivity index (χ4v) is 2.56. The number of amides is 1. The first-order valence-corrected chi connectivity index (χ1v) is 8.20. The van der Waals surface area contributed by atoms with E-state index in [4.69, 9.17) is 4.74 Å². The number of hydrogen-bond acceptors (Lipinski definition) is 4. The van der Waals surface area contributed by atoms with Crippen molar-refractivity contribution in [1.29, 1.82) is 0 Å². The van der Waals surface area contributed by atoms with Gasteiger partial charge in [-0.1, -0.05) is 18.2 Å². The highest BCUT2D eigenvalue weighted by molar-refractivity contribution is 5.94. The second kappa shape index (κ2) is 8.11. The third-order valence-electron chi connectivity index (χ3n) is 3.90. The number of carbonyl (C=O) groups excluding carboxylic acids is 1. The Kier molecular flexibility index (Phi) is 5.43. The number of pyridine rings is 1. The number of methoxy groups -OCH3 is 1. The van der Waals surface area contributed by atoms with Gasteiger partial charge in [0, 0.05) is 31.7 Å². The molecule has 26 heavy (non-hydrogen) atoms. The number of hydrogen-bond donors (Lipinski definition) is 0. The van der Waals surface area contributed by atoms with Crippen LogP contribution in [-0.2, 0) is 6.54 Å². The fourth-order valence-electron chi connectivity index (χ4n) is 2.56. The van der Waals surface area contributed by atoms with Gasteiger partial charge in [0.05, 0.1) is 12.7 Å². The van der Waals surface area contributed by atoms with E-state index < -0.39 is 0 Å². The smallest absolute Gasteiger partial charge is 0.256 e. The van der Waals surface area contributed by atoms with E-state index in [0.717, 1.165) is 11.3 Å². The summed E-state index contributed by atoms with van der Waals surface area (Å²) < 4.78 is 6.81. The Balaban J connectivity index is 1.76. The molecule has 2 heterocycles. The van der Waals surface area contributed by atoms with Crippen molar-refractivity contribution in [2.75, 3.05) is 13.7 Å². The van der Waals surface area contributed by atoms with E-state index >= 15 is 0 Å². The van der Waals surface area contributed by atoms with Gasteiger partial charge in [0.2, 0.25) is 0 Å². The highest BCUT2D eigenvalue weighted by atomic mass is 16.5. The van der Waals surface area contributed by atoms with Gasteiger partial charge < -0.3 is 9.64 Å². The minimum atomic E-state index is -0.0970. The molecule has 0 bridgehead atoms. The Morgan fingerprint density at radius 2 is 2.08 bits per heavy atom. The Morgan fingerprint density at radius 1 is 1.27 bits per heavy atom. The number of benzene rings is 1. The summed E-state index contributed by atoms with van der Waals surface area (Å²) in [6.07, 6.45) is 6.77. The normalized spacial score (nSPS) is 10.3. The van der Waals surface area contributed by atoms with Crippen molar-refractivity contribution in [3.63, 3.8) is 0 Å². The number of nitrogens with zero attached hydrogens (tertiary/aromatic N) is 4. The van der Waals surface area contributed by atoms with Crippen LogP contribution in [0.3, 0.4) is 0 Å². The number of rotatable bonds is 7. The minimum Gasteiger partial charge on any atom is -0.497 e. The molecule has 3 aromatic rings. The van der Waals surface area contributed by atoms with Gasteiger partial charge >= 0.3 is 0 Å². The maximum atomic E-state index is 12.9. The van der Waals surface area contributed by atoms with E-state index in [1.807, 2.05) is 30.3 Å². The topological polar surface area (TPSA) is 60.2 Å². The van der Waals surface area contributed by atoms with Crippen LogP contribution in [-0.4, -0.2) is 39.2 Å². The quantitative estimate of drug-likeness (QED) is 0.616. The highest BCUT2D eigenvalue weighted by Crippen LogP contribution is 2.15. The van der Waals surface area contributed by atoms with E-state index in [2.05, 4.69) is 16.7 Å². The lowest BCUT2D eigenvalue weighted by atomic mass is 10.1. The molecular formula is C20H20N4O2. The molecule has 0 radical (unpaired) electrons. The number of ether oxygens (including phenoxy) is 1. The first-order valence-electron chi connectivity index (χ1n) is 8.20. The van der Waals surface area contributed by atoms with Crippen molar-refractivity contribution in [1.82, 2.24) is 19.7 Å². The molecular weight excluding hydrogens is 328 g/mol. The van der Waals surface area contributed by atoms with Gasteiger partial charge in [0.1, 0.15) is 5.75 Å². The molecule has 0 N–H and O–H groups in total. The van der Waals surface area contributed by atoms with Gasteiger partial charge in [-0.25, -0.2) is 9.67 Å². The second-order valence-corrected chi connectivity index (χ2v) is 5.68. The Hall–Kier alpha value is -3.41. The maximum Gasteiger partial charge on any atom is 0.256 e. The molecule has 0 aliphatic carbocycles. The monoisotopic (exact) mass is 348 g/mol. The van der Waals surface area contributed by atoms with Gasteiger partial charge in [0.25, 0.3) is 5.91 Å². The Bertz CT molecular complexity index is 856. The summed E-state index contributed by atoms with van der Waals surface area (Å²) in [5.74, 6) is 1.35. The number of carbonyl (C=O) groups is 1. The summed E-state index contributed by atoms with van der Waals surface area (Å²) in [5.41, 5.74) is 1.54. The van der Waals surface area contributed by atoms with Crippen LogP contribution in [0.15, 0.2) is 73.7 Å². The predicted octanol–water partition coefficient (Wildman–Crippen LogP) is 3.10. The summed E-state index contributed by atoms with van der Waals surface area (Å²) in [6.45, 7) is 4.68. The van der Waals surface area contributed by atoms with E-state index in [9.17, 15) is 4.79 Å². The largest absolute Gasteiger partial charge is 0.497 e. The van der Waals surface area contributed by atoms with Crippen LogP contribution in [0.25, 0.3) is 5.82 Å². The summed E-state index contributed by atoms with van der Waals surface area (Å²) in [5, 5.41) is 4.13. The summed E-state index contributed by atoms with van der Waals surface area (Å²) in [7, 11) is 1.63. The molecule has 0 saturated carbocycles. The summed E-state index contributed by atoms with van der Waals surface area (Å²) >= 11 is 0. The van der Waals surface area contributed by atoms with Crippen LogP contribution < -0.4 is 4.74 Å². The van der Waals surface area contributed by atoms with E-state index in [1.165, 1.54) is 0 Å². The lowest BCUT2D eigenvalue weighted by molar-refractivity contribution is 0.0762. The average Bonchev–Trinajstić information content (AvgIpc) is 3.22. The molecule has 1 aromatic carbocycles. The van der Waals surface area contributed by atoms with Gasteiger partial charge in [-0.15, -0.1) is 6.58 Å². The molecule has 6 nitrogen and oxygen atoms in total. The Labute approximate surface area is 152 Å². The van der Waals surface area contributed by atoms with Crippen LogP contribution in [0.2, 0.25) is 0 Å². The first-order chi connectivity index (χ1) is 12.7. The standard InChI is InChI=1S/C20H20N4O2/c1-3-12-23(15-16-5-8-18(26-2)9-6-16)20(25)17-7-10-19(21-14-17)24-13-4-11-22-24/h3-11,13-14H,1,12,15H2,2H3. The summed E-state index contributed by atoms with van der Waals surface area (Å²) in [4.78, 5) is 18.9. The zero-order valence-corrected chi connectivity index (χ0v) is 14.6. The van der Waals surface area contributed by atoms with Gasteiger partial charge in [-0.3, -0.25) is 4.79 Å². The average molecular weight is 348 g/mol. The van der Waals surface area contributed by atoms with Gasteiger partial charge in [-0.2, -0.15) is 5.10 Å². The molecule has 0 spiro atoms. The number of aromatic nitrogens is 3. The molecule has 3 rings (SSSR count). The highest BCUT2D eigenvalue weighted by Gasteiger charge is 2.16. The molecule has 0 unspecified atom stereocenters. The molecule has 0 aliphatic rings. The van der Waals surface area contributed by atoms with Crippen molar-refractivity contribution < 1.29 is 9.53 Å². The fraction of sp³-hybridized carbons (Fsp3) is 0.150. The Morgan fingerprint density at radius 3 is 2.65 bits per heavy atom. The molecule has 132 valence electrons. The van der Waals surface area contributed by atoms with Crippen molar-refractivity contribution in [2.45, 2.75) is 6.54 Å².